The quantitative estimate of drug-likeness (QED) is 0.727. The smallest absolute Gasteiger partial charge is 0.123 e. The highest BCUT2D eigenvalue weighted by molar-refractivity contribution is 5.31. The molecule has 1 aromatic carbocycles. The third kappa shape index (κ3) is 1.67. The maximum Gasteiger partial charge on any atom is 0.123 e. The Kier molecular flexibility index (Phi) is 2.31. The number of fused-ring (bicyclic) bond motifs is 1. The van der Waals surface area contributed by atoms with Gasteiger partial charge in [-0.25, -0.2) is 4.39 Å². The number of aryl methyl sites for hydroxylation is 1. The van der Waals surface area contributed by atoms with Gasteiger partial charge in [-0.15, -0.1) is 0 Å². The summed E-state index contributed by atoms with van der Waals surface area (Å²) in [6.07, 6.45) is 3.01. The highest BCUT2D eigenvalue weighted by Gasteiger charge is 2.28. The third-order valence-corrected chi connectivity index (χ3v) is 3.28. The van der Waals surface area contributed by atoms with Crippen molar-refractivity contribution < 1.29 is 4.39 Å². The second-order valence-electron chi connectivity index (χ2n) is 4.60. The molecule has 1 atom stereocenters. The number of benzene rings is 1. The SMILES string of the molecule is CC1(CN)CCc2cc(F)ccc2C1. The van der Waals surface area contributed by atoms with Crippen molar-refractivity contribution in [3.05, 3.63) is 35.1 Å². The minimum absolute atomic E-state index is 0.125. The standard InChI is InChI=1S/C12H16FN/c1-12(8-14)5-4-9-6-11(13)3-2-10(9)7-12/h2-3,6H,4-5,7-8,14H2,1H3. The van der Waals surface area contributed by atoms with Gasteiger partial charge in [0.1, 0.15) is 5.82 Å². The lowest BCUT2D eigenvalue weighted by molar-refractivity contribution is 0.290. The first-order chi connectivity index (χ1) is 6.63. The minimum atomic E-state index is -0.125. The van der Waals surface area contributed by atoms with Crippen LogP contribution in [0.1, 0.15) is 24.5 Å². The monoisotopic (exact) mass is 193 g/mol. The van der Waals surface area contributed by atoms with Gasteiger partial charge in [0.05, 0.1) is 0 Å². The fraction of sp³-hybridized carbons (Fsp3) is 0.500. The molecule has 1 aliphatic carbocycles. The van der Waals surface area contributed by atoms with Crippen LogP contribution in [-0.2, 0) is 12.8 Å². The molecule has 0 saturated carbocycles. The van der Waals surface area contributed by atoms with E-state index in [2.05, 4.69) is 6.92 Å². The zero-order valence-electron chi connectivity index (χ0n) is 8.52. The first kappa shape index (κ1) is 9.66. The van der Waals surface area contributed by atoms with E-state index in [1.54, 1.807) is 12.1 Å². The molecule has 0 saturated heterocycles. The molecule has 2 rings (SSSR count). The molecule has 76 valence electrons. The van der Waals surface area contributed by atoms with Gasteiger partial charge in [0.25, 0.3) is 0 Å². The Balaban J connectivity index is 2.31. The van der Waals surface area contributed by atoms with E-state index >= 15 is 0 Å². The van der Waals surface area contributed by atoms with Crippen LogP contribution in [0.3, 0.4) is 0 Å². The van der Waals surface area contributed by atoms with Gasteiger partial charge in [0, 0.05) is 0 Å². The Morgan fingerprint density at radius 1 is 1.43 bits per heavy atom. The van der Waals surface area contributed by atoms with Gasteiger partial charge in [0.2, 0.25) is 0 Å². The van der Waals surface area contributed by atoms with Crippen molar-refractivity contribution in [2.45, 2.75) is 26.2 Å². The van der Waals surface area contributed by atoms with Gasteiger partial charge in [-0.1, -0.05) is 13.0 Å². The summed E-state index contributed by atoms with van der Waals surface area (Å²) < 4.78 is 12.9. The lowest BCUT2D eigenvalue weighted by Crippen LogP contribution is -2.33. The summed E-state index contributed by atoms with van der Waals surface area (Å²) in [7, 11) is 0. The predicted molar refractivity (Wildman–Crippen MR) is 55.6 cm³/mol. The zero-order valence-corrected chi connectivity index (χ0v) is 8.52. The van der Waals surface area contributed by atoms with Crippen molar-refractivity contribution in [3.8, 4) is 0 Å². The molecule has 0 radical (unpaired) electrons. The molecule has 2 heteroatoms. The summed E-state index contributed by atoms with van der Waals surface area (Å²) in [6, 6.07) is 5.10. The summed E-state index contributed by atoms with van der Waals surface area (Å²) >= 11 is 0. The molecule has 0 fully saturated rings. The molecule has 0 aromatic heterocycles. The van der Waals surface area contributed by atoms with Gasteiger partial charge in [-0.3, -0.25) is 0 Å². The zero-order chi connectivity index (χ0) is 10.2. The number of hydrogen-bond donors (Lipinski definition) is 1. The van der Waals surface area contributed by atoms with E-state index in [4.69, 9.17) is 5.73 Å². The lowest BCUT2D eigenvalue weighted by atomic mass is 9.73. The second kappa shape index (κ2) is 3.35. The average molecular weight is 193 g/mol. The summed E-state index contributed by atoms with van der Waals surface area (Å²) in [6.45, 7) is 2.92. The fourth-order valence-electron chi connectivity index (χ4n) is 2.16. The number of halogens is 1. The van der Waals surface area contributed by atoms with Crippen LogP contribution in [0.15, 0.2) is 18.2 Å². The first-order valence-electron chi connectivity index (χ1n) is 5.10. The highest BCUT2D eigenvalue weighted by atomic mass is 19.1. The minimum Gasteiger partial charge on any atom is -0.330 e. The van der Waals surface area contributed by atoms with Crippen molar-refractivity contribution in [3.63, 3.8) is 0 Å². The van der Waals surface area contributed by atoms with Crippen molar-refractivity contribution in [2.24, 2.45) is 11.1 Å². The molecule has 0 amide bonds. The number of rotatable bonds is 1. The van der Waals surface area contributed by atoms with Crippen molar-refractivity contribution in [2.75, 3.05) is 6.54 Å². The van der Waals surface area contributed by atoms with Gasteiger partial charge in [0.15, 0.2) is 0 Å². The van der Waals surface area contributed by atoms with E-state index in [9.17, 15) is 4.39 Å². The third-order valence-electron chi connectivity index (χ3n) is 3.28. The molecule has 0 spiro atoms. The molecule has 0 heterocycles. The Hall–Kier alpha value is -0.890. The molecule has 14 heavy (non-hydrogen) atoms. The molecule has 2 N–H and O–H groups in total. The van der Waals surface area contributed by atoms with E-state index in [-0.39, 0.29) is 11.2 Å². The van der Waals surface area contributed by atoms with Crippen LogP contribution in [0, 0.1) is 11.2 Å². The van der Waals surface area contributed by atoms with Gasteiger partial charge >= 0.3 is 0 Å². The summed E-state index contributed by atoms with van der Waals surface area (Å²) in [5, 5.41) is 0. The Labute approximate surface area is 84.1 Å². The van der Waals surface area contributed by atoms with Gasteiger partial charge < -0.3 is 5.73 Å². The van der Waals surface area contributed by atoms with Crippen LogP contribution in [0.4, 0.5) is 4.39 Å². The Morgan fingerprint density at radius 3 is 2.93 bits per heavy atom. The number of hydrogen-bond acceptors (Lipinski definition) is 1. The fourth-order valence-corrected chi connectivity index (χ4v) is 2.16. The van der Waals surface area contributed by atoms with E-state index in [0.29, 0.717) is 6.54 Å². The Morgan fingerprint density at radius 2 is 2.21 bits per heavy atom. The van der Waals surface area contributed by atoms with Crippen molar-refractivity contribution in [1.82, 2.24) is 0 Å². The molecular weight excluding hydrogens is 177 g/mol. The van der Waals surface area contributed by atoms with E-state index in [1.807, 2.05) is 6.07 Å². The van der Waals surface area contributed by atoms with E-state index < -0.39 is 0 Å². The summed E-state index contributed by atoms with van der Waals surface area (Å²) in [5.74, 6) is -0.125. The summed E-state index contributed by atoms with van der Waals surface area (Å²) in [5.41, 5.74) is 8.40. The maximum absolute atomic E-state index is 12.9. The average Bonchev–Trinajstić information content (AvgIpc) is 2.19. The van der Waals surface area contributed by atoms with Crippen LogP contribution >= 0.6 is 0 Å². The van der Waals surface area contributed by atoms with E-state index in [0.717, 1.165) is 24.8 Å². The molecule has 1 nitrogen and oxygen atoms in total. The molecule has 0 bridgehead atoms. The summed E-state index contributed by atoms with van der Waals surface area (Å²) in [4.78, 5) is 0. The van der Waals surface area contributed by atoms with E-state index in [1.165, 1.54) is 5.56 Å². The first-order valence-corrected chi connectivity index (χ1v) is 5.10. The van der Waals surface area contributed by atoms with Gasteiger partial charge in [-0.2, -0.15) is 0 Å². The van der Waals surface area contributed by atoms with Crippen LogP contribution in [0.25, 0.3) is 0 Å². The van der Waals surface area contributed by atoms with Crippen LogP contribution in [-0.4, -0.2) is 6.54 Å². The molecule has 1 unspecified atom stereocenters. The van der Waals surface area contributed by atoms with Crippen LogP contribution < -0.4 is 5.73 Å². The van der Waals surface area contributed by atoms with Crippen molar-refractivity contribution in [1.29, 1.82) is 0 Å². The lowest BCUT2D eigenvalue weighted by Gasteiger charge is -2.33. The maximum atomic E-state index is 12.9. The molecule has 0 aliphatic heterocycles. The van der Waals surface area contributed by atoms with Crippen LogP contribution in [0.2, 0.25) is 0 Å². The predicted octanol–water partition coefficient (Wildman–Crippen LogP) is 2.28. The topological polar surface area (TPSA) is 26.0 Å². The normalized spacial score (nSPS) is 25.9. The van der Waals surface area contributed by atoms with Crippen LogP contribution in [0.5, 0.6) is 0 Å². The largest absolute Gasteiger partial charge is 0.330 e. The molecule has 1 aromatic rings. The molecular formula is C12H16FN. The van der Waals surface area contributed by atoms with Crippen molar-refractivity contribution >= 4 is 0 Å². The van der Waals surface area contributed by atoms with Gasteiger partial charge in [-0.05, 0) is 54.5 Å². The Bertz CT molecular complexity index is 348. The number of nitrogens with two attached hydrogens (primary N) is 1. The second-order valence-corrected chi connectivity index (χ2v) is 4.60. The molecule has 1 aliphatic rings. The highest BCUT2D eigenvalue weighted by Crippen LogP contribution is 2.34.